The lowest BCUT2D eigenvalue weighted by Crippen LogP contribution is -2.09. The first-order valence-electron chi connectivity index (χ1n) is 7.92. The second-order valence-electron chi connectivity index (χ2n) is 5.37. The number of carboxylic acid groups (broad SMARTS) is 1. The molecule has 0 aliphatic rings. The van der Waals surface area contributed by atoms with E-state index in [0.29, 0.717) is 6.54 Å². The molecule has 0 heterocycles. The Hall–Kier alpha value is -1.58. The maximum absolute atomic E-state index is 13.6. The van der Waals surface area contributed by atoms with Gasteiger partial charge in [0.1, 0.15) is 5.82 Å². The van der Waals surface area contributed by atoms with Gasteiger partial charge in [0.2, 0.25) is 0 Å². The summed E-state index contributed by atoms with van der Waals surface area (Å²) in [5.74, 6) is -1.61. The number of benzene rings is 1. The zero-order valence-corrected chi connectivity index (χ0v) is 12.8. The van der Waals surface area contributed by atoms with Gasteiger partial charge in [0.25, 0.3) is 0 Å². The van der Waals surface area contributed by atoms with Gasteiger partial charge in [-0.25, -0.2) is 9.18 Å². The Balaban J connectivity index is 2.23. The Bertz CT molecular complexity index is 435. The minimum absolute atomic E-state index is 0.00503. The monoisotopic (exact) mass is 295 g/mol. The predicted molar refractivity (Wildman–Crippen MR) is 84.5 cm³/mol. The standard InChI is InChI=1S/C17H26FNO2/c1-2-3-4-5-6-7-8-9-13-19-16-14(17(20)21)11-10-12-15(16)18/h10-12,19H,2-9,13H2,1H3,(H,20,21). The topological polar surface area (TPSA) is 49.3 Å². The smallest absolute Gasteiger partial charge is 0.337 e. The van der Waals surface area contributed by atoms with Gasteiger partial charge < -0.3 is 10.4 Å². The third-order valence-electron chi connectivity index (χ3n) is 3.58. The number of rotatable bonds is 11. The molecule has 2 N–H and O–H groups in total. The highest BCUT2D eigenvalue weighted by molar-refractivity contribution is 5.94. The largest absolute Gasteiger partial charge is 0.478 e. The van der Waals surface area contributed by atoms with Crippen LogP contribution in [0.4, 0.5) is 10.1 Å². The third-order valence-corrected chi connectivity index (χ3v) is 3.58. The average molecular weight is 295 g/mol. The molecule has 0 fully saturated rings. The average Bonchev–Trinajstić information content (AvgIpc) is 2.46. The normalized spacial score (nSPS) is 10.6. The fraction of sp³-hybridized carbons (Fsp3) is 0.588. The van der Waals surface area contributed by atoms with E-state index < -0.39 is 11.8 Å². The van der Waals surface area contributed by atoms with Crippen LogP contribution in [0.2, 0.25) is 0 Å². The van der Waals surface area contributed by atoms with Gasteiger partial charge in [0, 0.05) is 6.54 Å². The highest BCUT2D eigenvalue weighted by Gasteiger charge is 2.13. The van der Waals surface area contributed by atoms with E-state index in [1.165, 1.54) is 56.7 Å². The van der Waals surface area contributed by atoms with E-state index >= 15 is 0 Å². The molecule has 1 aromatic carbocycles. The number of hydrogen-bond acceptors (Lipinski definition) is 2. The minimum atomic E-state index is -1.10. The molecule has 0 unspecified atom stereocenters. The highest BCUT2D eigenvalue weighted by Crippen LogP contribution is 2.20. The SMILES string of the molecule is CCCCCCCCCCNc1c(F)cccc1C(=O)O. The van der Waals surface area contributed by atoms with Crippen molar-refractivity contribution in [2.45, 2.75) is 58.3 Å². The molecule has 1 aromatic rings. The first-order valence-corrected chi connectivity index (χ1v) is 7.92. The Morgan fingerprint density at radius 2 is 1.71 bits per heavy atom. The summed E-state index contributed by atoms with van der Waals surface area (Å²) in [7, 11) is 0. The summed E-state index contributed by atoms with van der Waals surface area (Å²) in [6.07, 6.45) is 9.64. The molecule has 0 aromatic heterocycles. The second-order valence-corrected chi connectivity index (χ2v) is 5.37. The Morgan fingerprint density at radius 1 is 1.10 bits per heavy atom. The van der Waals surface area contributed by atoms with Crippen LogP contribution >= 0.6 is 0 Å². The lowest BCUT2D eigenvalue weighted by atomic mass is 10.1. The van der Waals surface area contributed by atoms with Gasteiger partial charge in [-0.3, -0.25) is 0 Å². The van der Waals surface area contributed by atoms with Gasteiger partial charge in [-0.2, -0.15) is 0 Å². The van der Waals surface area contributed by atoms with E-state index in [9.17, 15) is 9.18 Å². The molecule has 0 spiro atoms. The van der Waals surface area contributed by atoms with Gasteiger partial charge in [-0.05, 0) is 18.6 Å². The van der Waals surface area contributed by atoms with Gasteiger partial charge in [0.05, 0.1) is 11.3 Å². The first-order chi connectivity index (χ1) is 10.2. The molecule has 0 saturated heterocycles. The summed E-state index contributed by atoms with van der Waals surface area (Å²) in [5.41, 5.74) is 0.0995. The summed E-state index contributed by atoms with van der Waals surface area (Å²) < 4.78 is 13.6. The van der Waals surface area contributed by atoms with Crippen LogP contribution in [0.5, 0.6) is 0 Å². The molecular formula is C17H26FNO2. The van der Waals surface area contributed by atoms with Crippen molar-refractivity contribution in [2.24, 2.45) is 0 Å². The van der Waals surface area contributed by atoms with E-state index in [1.54, 1.807) is 0 Å². The molecule has 0 atom stereocenters. The van der Waals surface area contributed by atoms with E-state index in [4.69, 9.17) is 5.11 Å². The molecule has 0 saturated carbocycles. The van der Waals surface area contributed by atoms with Crippen molar-refractivity contribution >= 4 is 11.7 Å². The molecule has 0 aliphatic carbocycles. The maximum Gasteiger partial charge on any atom is 0.337 e. The number of carboxylic acids is 1. The van der Waals surface area contributed by atoms with Crippen molar-refractivity contribution in [2.75, 3.05) is 11.9 Å². The summed E-state index contributed by atoms with van der Waals surface area (Å²) in [4.78, 5) is 11.0. The summed E-state index contributed by atoms with van der Waals surface area (Å²) in [6.45, 7) is 2.82. The van der Waals surface area contributed by atoms with Crippen LogP contribution in [0.3, 0.4) is 0 Å². The molecular weight excluding hydrogens is 269 g/mol. The number of nitrogens with one attached hydrogen (secondary N) is 1. The number of carbonyl (C=O) groups is 1. The number of para-hydroxylation sites is 1. The lowest BCUT2D eigenvalue weighted by Gasteiger charge is -2.10. The molecule has 4 heteroatoms. The van der Waals surface area contributed by atoms with Crippen molar-refractivity contribution < 1.29 is 14.3 Å². The molecule has 118 valence electrons. The number of halogens is 1. The minimum Gasteiger partial charge on any atom is -0.478 e. The summed E-state index contributed by atoms with van der Waals surface area (Å²) >= 11 is 0. The third kappa shape index (κ3) is 6.61. The van der Waals surface area contributed by atoms with E-state index in [1.807, 2.05) is 0 Å². The predicted octanol–water partition coefficient (Wildman–Crippen LogP) is 5.08. The molecule has 21 heavy (non-hydrogen) atoms. The van der Waals surface area contributed by atoms with E-state index in [0.717, 1.165) is 12.8 Å². The molecule has 0 amide bonds. The van der Waals surface area contributed by atoms with Gasteiger partial charge in [-0.1, -0.05) is 57.9 Å². The van der Waals surface area contributed by atoms with Crippen molar-refractivity contribution in [3.05, 3.63) is 29.6 Å². The van der Waals surface area contributed by atoms with Crippen LogP contribution in [-0.4, -0.2) is 17.6 Å². The zero-order valence-electron chi connectivity index (χ0n) is 12.8. The van der Waals surface area contributed by atoms with E-state index in [-0.39, 0.29) is 11.3 Å². The van der Waals surface area contributed by atoms with Crippen molar-refractivity contribution in [3.63, 3.8) is 0 Å². The first kappa shape index (κ1) is 17.5. The molecule has 0 bridgehead atoms. The number of anilines is 1. The van der Waals surface area contributed by atoms with Crippen LogP contribution in [0.1, 0.15) is 68.6 Å². The quantitative estimate of drug-likeness (QED) is 0.560. The fourth-order valence-corrected chi connectivity index (χ4v) is 2.35. The summed E-state index contributed by atoms with van der Waals surface area (Å²) in [5, 5.41) is 11.9. The van der Waals surface area contributed by atoms with Crippen LogP contribution in [0.25, 0.3) is 0 Å². The number of hydrogen-bond donors (Lipinski definition) is 2. The van der Waals surface area contributed by atoms with Crippen LogP contribution in [0, 0.1) is 5.82 Å². The highest BCUT2D eigenvalue weighted by atomic mass is 19.1. The summed E-state index contributed by atoms with van der Waals surface area (Å²) in [6, 6.07) is 4.12. The molecule has 3 nitrogen and oxygen atoms in total. The number of aromatic carboxylic acids is 1. The Labute approximate surface area is 126 Å². The molecule has 0 radical (unpaired) electrons. The Morgan fingerprint density at radius 3 is 2.33 bits per heavy atom. The van der Waals surface area contributed by atoms with Gasteiger partial charge in [0.15, 0.2) is 0 Å². The second kappa shape index (κ2) is 10.2. The van der Waals surface area contributed by atoms with E-state index in [2.05, 4.69) is 12.2 Å². The zero-order chi connectivity index (χ0) is 15.5. The molecule has 0 aliphatic heterocycles. The van der Waals surface area contributed by atoms with Crippen molar-refractivity contribution in [1.29, 1.82) is 0 Å². The molecule has 1 rings (SSSR count). The van der Waals surface area contributed by atoms with Crippen LogP contribution in [0.15, 0.2) is 18.2 Å². The van der Waals surface area contributed by atoms with Crippen molar-refractivity contribution in [3.8, 4) is 0 Å². The fourth-order valence-electron chi connectivity index (χ4n) is 2.35. The Kier molecular flexibility index (Phi) is 8.48. The number of unbranched alkanes of at least 4 members (excludes halogenated alkanes) is 7. The van der Waals surface area contributed by atoms with Gasteiger partial charge >= 0.3 is 5.97 Å². The lowest BCUT2D eigenvalue weighted by molar-refractivity contribution is 0.0697. The maximum atomic E-state index is 13.6. The van der Waals surface area contributed by atoms with Gasteiger partial charge in [-0.15, -0.1) is 0 Å². The van der Waals surface area contributed by atoms with Crippen molar-refractivity contribution in [1.82, 2.24) is 0 Å². The van der Waals surface area contributed by atoms with Crippen LogP contribution < -0.4 is 5.32 Å². The van der Waals surface area contributed by atoms with Crippen LogP contribution in [-0.2, 0) is 0 Å².